The second-order valence-electron chi connectivity index (χ2n) is 6.97. The van der Waals surface area contributed by atoms with Gasteiger partial charge in [-0.15, -0.1) is 0 Å². The molecule has 3 N–H and O–H groups in total. The lowest BCUT2D eigenvalue weighted by Crippen LogP contribution is -2.36. The van der Waals surface area contributed by atoms with E-state index in [0.717, 1.165) is 12.1 Å². The molecule has 1 fully saturated rings. The maximum absolute atomic E-state index is 13.0. The van der Waals surface area contributed by atoms with Gasteiger partial charge < -0.3 is 20.7 Å². The van der Waals surface area contributed by atoms with Gasteiger partial charge in [-0.2, -0.15) is 13.2 Å². The average Bonchev–Trinajstić information content (AvgIpc) is 2.85. The first-order valence-electron chi connectivity index (χ1n) is 10.1. The molecule has 3 aromatic rings. The fourth-order valence-corrected chi connectivity index (χ4v) is 3.02. The maximum atomic E-state index is 13.0. The SMILES string of the molecule is NC(=O)c1cnccn1.O=C(Nc1cc(C(F)(F)F)ccc1N1CCOCC1)c1ccncc1. The Labute approximate surface area is 192 Å². The number of hydrogen-bond donors (Lipinski definition) is 2. The Morgan fingerprint density at radius 3 is 2.26 bits per heavy atom. The number of carbonyl (C=O) groups excluding carboxylic acids is 2. The van der Waals surface area contributed by atoms with Crippen molar-refractivity contribution in [2.24, 2.45) is 5.73 Å². The van der Waals surface area contributed by atoms with Gasteiger partial charge in [0.1, 0.15) is 5.69 Å². The highest BCUT2D eigenvalue weighted by Gasteiger charge is 2.32. The number of alkyl halides is 3. The minimum absolute atomic E-state index is 0.124. The summed E-state index contributed by atoms with van der Waals surface area (Å²) < 4.78 is 44.4. The van der Waals surface area contributed by atoms with Gasteiger partial charge in [-0.25, -0.2) is 4.98 Å². The Hall–Kier alpha value is -4.06. The predicted octanol–water partition coefficient (Wildman–Crippen LogP) is 2.76. The van der Waals surface area contributed by atoms with Crippen LogP contribution >= 0.6 is 0 Å². The van der Waals surface area contributed by atoms with Gasteiger partial charge in [0.15, 0.2) is 0 Å². The first kappa shape index (κ1) is 24.6. The predicted molar refractivity (Wildman–Crippen MR) is 117 cm³/mol. The van der Waals surface area contributed by atoms with Crippen molar-refractivity contribution < 1.29 is 27.5 Å². The highest BCUT2D eigenvalue weighted by atomic mass is 19.4. The second-order valence-corrected chi connectivity index (χ2v) is 6.97. The van der Waals surface area contributed by atoms with Crippen LogP contribution in [0.25, 0.3) is 0 Å². The molecule has 0 spiro atoms. The number of ether oxygens (including phenoxy) is 1. The van der Waals surface area contributed by atoms with Gasteiger partial charge in [0, 0.05) is 43.4 Å². The summed E-state index contributed by atoms with van der Waals surface area (Å²) in [6.45, 7) is 2.06. The van der Waals surface area contributed by atoms with Crippen molar-refractivity contribution in [3.8, 4) is 0 Å². The van der Waals surface area contributed by atoms with Crippen LogP contribution in [0.2, 0.25) is 0 Å². The van der Waals surface area contributed by atoms with Crippen LogP contribution < -0.4 is 16.0 Å². The van der Waals surface area contributed by atoms with E-state index in [1.54, 1.807) is 0 Å². The van der Waals surface area contributed by atoms with E-state index in [9.17, 15) is 22.8 Å². The molecule has 3 heterocycles. The number of primary amides is 1. The third kappa shape index (κ3) is 6.72. The number of aromatic nitrogens is 3. The van der Waals surface area contributed by atoms with Gasteiger partial charge in [-0.1, -0.05) is 0 Å². The van der Waals surface area contributed by atoms with E-state index in [1.165, 1.54) is 49.2 Å². The number of halogens is 3. The number of anilines is 2. The second kappa shape index (κ2) is 11.2. The number of amides is 2. The van der Waals surface area contributed by atoms with E-state index in [0.29, 0.717) is 37.6 Å². The molecule has 0 saturated carbocycles. The average molecular weight is 474 g/mol. The Kier molecular flexibility index (Phi) is 8.09. The summed E-state index contributed by atoms with van der Waals surface area (Å²) in [5.74, 6) is -1.04. The van der Waals surface area contributed by atoms with Crippen molar-refractivity contribution in [2.75, 3.05) is 36.5 Å². The molecular formula is C22H21F3N6O3. The summed E-state index contributed by atoms with van der Waals surface area (Å²) in [4.78, 5) is 35.7. The third-order valence-corrected chi connectivity index (χ3v) is 4.68. The molecule has 178 valence electrons. The quantitative estimate of drug-likeness (QED) is 0.596. The Morgan fingerprint density at radius 2 is 1.71 bits per heavy atom. The van der Waals surface area contributed by atoms with Gasteiger partial charge in [0.05, 0.1) is 36.3 Å². The number of benzene rings is 1. The zero-order chi connectivity index (χ0) is 24.6. The molecule has 0 radical (unpaired) electrons. The molecule has 0 bridgehead atoms. The molecule has 1 aromatic carbocycles. The standard InChI is InChI=1S/C17H16F3N3O2.C5H5N3O/c18-17(19,20)13-1-2-15(23-7-9-25-10-8-23)14(11-13)22-16(24)12-3-5-21-6-4-12;6-5(9)4-3-7-1-2-8-4/h1-6,11H,7-10H2,(H,22,24);1-3H,(H2,6,9). The molecule has 1 aliphatic heterocycles. The lowest BCUT2D eigenvalue weighted by Gasteiger charge is -2.31. The number of hydrogen-bond acceptors (Lipinski definition) is 7. The van der Waals surface area contributed by atoms with Crippen LogP contribution in [-0.2, 0) is 10.9 Å². The van der Waals surface area contributed by atoms with Crippen LogP contribution in [0.4, 0.5) is 24.5 Å². The highest BCUT2D eigenvalue weighted by molar-refractivity contribution is 6.06. The van der Waals surface area contributed by atoms with Crippen LogP contribution in [-0.4, -0.2) is 53.1 Å². The van der Waals surface area contributed by atoms with E-state index in [2.05, 4.69) is 20.3 Å². The molecule has 2 amide bonds. The Morgan fingerprint density at radius 1 is 1.00 bits per heavy atom. The lowest BCUT2D eigenvalue weighted by atomic mass is 10.1. The third-order valence-electron chi connectivity index (χ3n) is 4.68. The number of carbonyl (C=O) groups is 2. The fraction of sp³-hybridized carbons (Fsp3) is 0.227. The highest BCUT2D eigenvalue weighted by Crippen LogP contribution is 2.36. The number of rotatable bonds is 4. The van der Waals surface area contributed by atoms with E-state index < -0.39 is 23.6 Å². The molecule has 4 rings (SSSR count). The summed E-state index contributed by atoms with van der Waals surface area (Å²) >= 11 is 0. The molecule has 0 unspecified atom stereocenters. The molecule has 34 heavy (non-hydrogen) atoms. The van der Waals surface area contributed by atoms with Crippen molar-refractivity contribution in [2.45, 2.75) is 6.18 Å². The van der Waals surface area contributed by atoms with Crippen molar-refractivity contribution in [1.29, 1.82) is 0 Å². The van der Waals surface area contributed by atoms with Crippen LogP contribution in [0.3, 0.4) is 0 Å². The Balaban J connectivity index is 0.000000302. The van der Waals surface area contributed by atoms with Gasteiger partial charge >= 0.3 is 6.18 Å². The number of nitrogens with zero attached hydrogens (tertiary/aromatic N) is 4. The molecule has 9 nitrogen and oxygen atoms in total. The zero-order valence-electron chi connectivity index (χ0n) is 17.8. The van der Waals surface area contributed by atoms with Gasteiger partial charge in [0.2, 0.25) is 0 Å². The normalized spacial score (nSPS) is 13.4. The summed E-state index contributed by atoms with van der Waals surface area (Å²) in [5.41, 5.74) is 5.24. The van der Waals surface area contributed by atoms with Crippen molar-refractivity contribution in [1.82, 2.24) is 15.0 Å². The largest absolute Gasteiger partial charge is 0.416 e. The van der Waals surface area contributed by atoms with Crippen LogP contribution in [0.1, 0.15) is 26.4 Å². The molecule has 1 aliphatic rings. The number of pyridine rings is 1. The van der Waals surface area contributed by atoms with Gasteiger partial charge in [-0.3, -0.25) is 19.6 Å². The monoisotopic (exact) mass is 474 g/mol. The molecule has 12 heteroatoms. The van der Waals surface area contributed by atoms with E-state index >= 15 is 0 Å². The minimum atomic E-state index is -4.49. The van der Waals surface area contributed by atoms with Crippen LogP contribution in [0.5, 0.6) is 0 Å². The van der Waals surface area contributed by atoms with Crippen molar-refractivity contribution in [3.05, 3.63) is 78.1 Å². The van der Waals surface area contributed by atoms with Crippen molar-refractivity contribution in [3.63, 3.8) is 0 Å². The van der Waals surface area contributed by atoms with Crippen molar-refractivity contribution >= 4 is 23.2 Å². The maximum Gasteiger partial charge on any atom is 0.416 e. The molecular weight excluding hydrogens is 453 g/mol. The first-order valence-corrected chi connectivity index (χ1v) is 10.1. The fourth-order valence-electron chi connectivity index (χ4n) is 3.02. The summed E-state index contributed by atoms with van der Waals surface area (Å²) in [6.07, 6.45) is 2.63. The van der Waals surface area contributed by atoms with Gasteiger partial charge in [0.25, 0.3) is 11.8 Å². The zero-order valence-corrected chi connectivity index (χ0v) is 17.8. The van der Waals surface area contributed by atoms with E-state index in [1.807, 2.05) is 4.90 Å². The van der Waals surface area contributed by atoms with Crippen LogP contribution in [0.15, 0.2) is 61.3 Å². The number of morpholine rings is 1. The molecule has 0 atom stereocenters. The van der Waals surface area contributed by atoms with Crippen LogP contribution in [0, 0.1) is 0 Å². The summed E-state index contributed by atoms with van der Waals surface area (Å²) in [6, 6.07) is 6.36. The Bertz CT molecular complexity index is 1110. The summed E-state index contributed by atoms with van der Waals surface area (Å²) in [7, 11) is 0. The molecule has 2 aromatic heterocycles. The molecule has 0 aliphatic carbocycles. The lowest BCUT2D eigenvalue weighted by molar-refractivity contribution is -0.137. The smallest absolute Gasteiger partial charge is 0.378 e. The number of nitrogens with one attached hydrogen (secondary N) is 1. The minimum Gasteiger partial charge on any atom is -0.378 e. The molecule has 1 saturated heterocycles. The van der Waals surface area contributed by atoms with Gasteiger partial charge in [-0.05, 0) is 30.3 Å². The topological polar surface area (TPSA) is 123 Å². The first-order chi connectivity index (χ1) is 16.3. The van der Waals surface area contributed by atoms with E-state index in [-0.39, 0.29) is 11.4 Å². The number of nitrogens with two attached hydrogens (primary N) is 1. The van der Waals surface area contributed by atoms with E-state index in [4.69, 9.17) is 10.5 Å². The summed E-state index contributed by atoms with van der Waals surface area (Å²) in [5, 5.41) is 2.59.